The van der Waals surface area contributed by atoms with E-state index >= 15 is 0 Å². The van der Waals surface area contributed by atoms with E-state index in [4.69, 9.17) is 0 Å². The minimum absolute atomic E-state index is 0.0751. The molecular weight excluding hydrogens is 610 g/mol. The highest BCUT2D eigenvalue weighted by Crippen LogP contribution is 2.26. The Labute approximate surface area is 280 Å². The fraction of sp³-hybridized carbons (Fsp3) is 0.571. The molecule has 4 fully saturated rings. The molecule has 3 aromatic rings. The van der Waals surface area contributed by atoms with Gasteiger partial charge in [-0.1, -0.05) is 6.92 Å². The first kappa shape index (κ1) is 32.2. The maximum Gasteiger partial charge on any atom is 0.275 e. The van der Waals surface area contributed by atoms with E-state index < -0.39 is 11.9 Å². The molecule has 1 aromatic carbocycles. The highest BCUT2D eigenvalue weighted by Gasteiger charge is 2.30. The van der Waals surface area contributed by atoms with Crippen molar-refractivity contribution in [1.82, 2.24) is 35.3 Å². The average Bonchev–Trinajstić information content (AvgIpc) is 3.10. The van der Waals surface area contributed by atoms with Gasteiger partial charge < -0.3 is 15.1 Å². The van der Waals surface area contributed by atoms with Crippen molar-refractivity contribution in [2.24, 2.45) is 11.8 Å². The number of hydrogen-bond acceptors (Lipinski definition) is 10. The van der Waals surface area contributed by atoms with E-state index in [0.29, 0.717) is 22.8 Å². The Morgan fingerprint density at radius 1 is 0.875 bits per heavy atom. The SMILES string of the molecule is CC1CCC(NC(=O)c2cnc(N3CCC(CN4CCN(c5ccc6c(=O)n([C@H]7CCC(=O)NC7=O)ncc6c5)CC4)CC3)nc2)CC1. The van der Waals surface area contributed by atoms with E-state index in [1.165, 1.54) is 17.5 Å². The third kappa shape index (κ3) is 7.06. The van der Waals surface area contributed by atoms with Crippen molar-refractivity contribution in [2.75, 3.05) is 55.6 Å². The summed E-state index contributed by atoms with van der Waals surface area (Å²) in [6, 6.07) is 5.28. The molecule has 4 aliphatic rings. The van der Waals surface area contributed by atoms with Crippen LogP contribution in [0, 0.1) is 11.8 Å². The molecule has 3 saturated heterocycles. The van der Waals surface area contributed by atoms with Gasteiger partial charge in [-0.05, 0) is 75.0 Å². The lowest BCUT2D eigenvalue weighted by molar-refractivity contribution is -0.136. The van der Waals surface area contributed by atoms with Crippen molar-refractivity contribution >= 4 is 40.1 Å². The molecule has 3 aliphatic heterocycles. The zero-order valence-corrected chi connectivity index (χ0v) is 27.6. The molecule has 1 atom stereocenters. The number of piperazine rings is 1. The monoisotopic (exact) mass is 655 g/mol. The lowest BCUT2D eigenvalue weighted by Crippen LogP contribution is -2.49. The molecule has 5 heterocycles. The highest BCUT2D eigenvalue weighted by atomic mass is 16.2. The van der Waals surface area contributed by atoms with E-state index in [9.17, 15) is 19.2 Å². The Hall–Kier alpha value is -4.39. The molecule has 7 rings (SSSR count). The first-order valence-corrected chi connectivity index (χ1v) is 17.5. The highest BCUT2D eigenvalue weighted by molar-refractivity contribution is 5.99. The van der Waals surface area contributed by atoms with Gasteiger partial charge in [0.25, 0.3) is 17.4 Å². The molecule has 2 N–H and O–H groups in total. The number of hydrogen-bond donors (Lipinski definition) is 2. The number of rotatable bonds is 7. The first-order valence-electron chi connectivity index (χ1n) is 17.5. The number of carbonyl (C=O) groups excluding carboxylic acids is 3. The first-order chi connectivity index (χ1) is 23.3. The van der Waals surface area contributed by atoms with Crippen LogP contribution in [0.4, 0.5) is 11.6 Å². The van der Waals surface area contributed by atoms with E-state index in [2.05, 4.69) is 47.3 Å². The zero-order valence-electron chi connectivity index (χ0n) is 27.6. The average molecular weight is 656 g/mol. The Bertz CT molecular complexity index is 1700. The molecule has 1 saturated carbocycles. The van der Waals surface area contributed by atoms with E-state index in [1.54, 1.807) is 18.6 Å². The fourth-order valence-corrected chi connectivity index (χ4v) is 7.63. The minimum atomic E-state index is -0.770. The van der Waals surface area contributed by atoms with Crippen LogP contribution in [-0.4, -0.2) is 94.2 Å². The van der Waals surface area contributed by atoms with Gasteiger partial charge in [0.05, 0.1) is 17.1 Å². The smallest absolute Gasteiger partial charge is 0.275 e. The Morgan fingerprint density at radius 2 is 1.60 bits per heavy atom. The number of anilines is 2. The van der Waals surface area contributed by atoms with Crippen LogP contribution >= 0.6 is 0 Å². The topological polar surface area (TPSA) is 146 Å². The van der Waals surface area contributed by atoms with Crippen LogP contribution in [0.25, 0.3) is 10.8 Å². The van der Waals surface area contributed by atoms with Gasteiger partial charge in [0.2, 0.25) is 11.9 Å². The van der Waals surface area contributed by atoms with Crippen LogP contribution in [0.3, 0.4) is 0 Å². The van der Waals surface area contributed by atoms with Gasteiger partial charge >= 0.3 is 0 Å². The Morgan fingerprint density at radius 3 is 2.31 bits per heavy atom. The van der Waals surface area contributed by atoms with Crippen molar-refractivity contribution in [3.05, 3.63) is 52.7 Å². The van der Waals surface area contributed by atoms with E-state index in [-0.39, 0.29) is 36.3 Å². The third-order valence-corrected chi connectivity index (χ3v) is 10.7. The minimum Gasteiger partial charge on any atom is -0.369 e. The summed E-state index contributed by atoms with van der Waals surface area (Å²) in [4.78, 5) is 65.9. The fourth-order valence-electron chi connectivity index (χ4n) is 7.63. The third-order valence-electron chi connectivity index (χ3n) is 10.7. The molecule has 48 heavy (non-hydrogen) atoms. The van der Waals surface area contributed by atoms with Crippen LogP contribution in [0.5, 0.6) is 0 Å². The molecule has 0 radical (unpaired) electrons. The lowest BCUT2D eigenvalue weighted by Gasteiger charge is -2.39. The molecule has 2 aromatic heterocycles. The number of carbonyl (C=O) groups is 3. The quantitative estimate of drug-likeness (QED) is 0.364. The molecular formula is C35H45N9O4. The second kappa shape index (κ2) is 14.0. The number of imide groups is 1. The lowest BCUT2D eigenvalue weighted by atomic mass is 9.87. The number of aromatic nitrogens is 4. The number of nitrogens with one attached hydrogen (secondary N) is 2. The molecule has 13 heteroatoms. The van der Waals surface area contributed by atoms with Crippen LogP contribution in [0.15, 0.2) is 41.6 Å². The standard InChI is InChI=1S/C35H45N9O4/c1-23-2-4-27(5-3-23)39-32(46)26-19-36-35(37-20-26)43-12-10-24(11-13-43)22-41-14-16-42(17-15-41)28-6-7-29-25(18-28)21-38-44(34(29)48)30-8-9-31(45)40-33(30)47/h6-7,18-21,23-24,27,30H,2-5,8-17,22H2,1H3,(H,39,46)(H,40,45,47)/t23?,27?,30-/m0/s1. The molecule has 13 nitrogen and oxygen atoms in total. The van der Waals surface area contributed by atoms with Gasteiger partial charge in [-0.15, -0.1) is 0 Å². The maximum absolute atomic E-state index is 13.2. The summed E-state index contributed by atoms with van der Waals surface area (Å²) in [5.41, 5.74) is 1.27. The van der Waals surface area contributed by atoms with Crippen LogP contribution in [0.2, 0.25) is 0 Å². The van der Waals surface area contributed by atoms with Crippen LogP contribution in [0.1, 0.15) is 74.7 Å². The maximum atomic E-state index is 13.2. The summed E-state index contributed by atoms with van der Waals surface area (Å²) in [5, 5.41) is 11.0. The number of fused-ring (bicyclic) bond motifs is 1. The van der Waals surface area contributed by atoms with E-state index in [0.717, 1.165) is 88.5 Å². The molecule has 0 spiro atoms. The number of nitrogens with zero attached hydrogens (tertiary/aromatic N) is 7. The Balaban J connectivity index is 0.870. The number of benzene rings is 1. The molecule has 3 amide bonds. The van der Waals surface area contributed by atoms with Crippen molar-refractivity contribution in [3.8, 4) is 0 Å². The van der Waals surface area contributed by atoms with Gasteiger partial charge in [-0.25, -0.2) is 14.6 Å². The predicted octanol–water partition coefficient (Wildman–Crippen LogP) is 2.51. The van der Waals surface area contributed by atoms with Gasteiger partial charge in [-0.3, -0.25) is 29.4 Å². The second-order valence-corrected chi connectivity index (χ2v) is 14.1. The zero-order chi connectivity index (χ0) is 33.2. The van der Waals surface area contributed by atoms with Gasteiger partial charge in [0, 0.05) is 81.7 Å². The van der Waals surface area contributed by atoms with Crippen molar-refractivity contribution < 1.29 is 14.4 Å². The molecule has 1 aliphatic carbocycles. The molecule has 0 bridgehead atoms. The predicted molar refractivity (Wildman–Crippen MR) is 182 cm³/mol. The van der Waals surface area contributed by atoms with Crippen molar-refractivity contribution in [1.29, 1.82) is 0 Å². The normalized spacial score (nSPS) is 24.5. The number of piperidine rings is 2. The summed E-state index contributed by atoms with van der Waals surface area (Å²) in [5.74, 6) is 1.19. The van der Waals surface area contributed by atoms with Gasteiger partial charge in [-0.2, -0.15) is 5.10 Å². The summed E-state index contributed by atoms with van der Waals surface area (Å²) < 4.78 is 1.20. The molecule has 0 unspecified atom stereocenters. The molecule has 254 valence electrons. The summed E-state index contributed by atoms with van der Waals surface area (Å²) >= 11 is 0. The van der Waals surface area contributed by atoms with Crippen molar-refractivity contribution in [3.63, 3.8) is 0 Å². The Kier molecular flexibility index (Phi) is 9.38. The van der Waals surface area contributed by atoms with Gasteiger partial charge in [0.15, 0.2) is 0 Å². The summed E-state index contributed by atoms with van der Waals surface area (Å²) in [6.45, 7) is 8.92. The van der Waals surface area contributed by atoms with Crippen molar-refractivity contribution in [2.45, 2.75) is 70.4 Å². The van der Waals surface area contributed by atoms with Crippen LogP contribution in [-0.2, 0) is 9.59 Å². The van der Waals surface area contributed by atoms with Gasteiger partial charge in [0.1, 0.15) is 6.04 Å². The number of amides is 3. The van der Waals surface area contributed by atoms with E-state index in [1.807, 2.05) is 18.2 Å². The largest absolute Gasteiger partial charge is 0.369 e. The van der Waals surface area contributed by atoms with Crippen LogP contribution < -0.4 is 26.0 Å². The second-order valence-electron chi connectivity index (χ2n) is 14.1. The summed E-state index contributed by atoms with van der Waals surface area (Å²) in [6.07, 6.45) is 12.0. The summed E-state index contributed by atoms with van der Waals surface area (Å²) in [7, 11) is 0.